The van der Waals surface area contributed by atoms with Crippen LogP contribution in [-0.4, -0.2) is 0 Å². The Morgan fingerprint density at radius 2 is 0.836 bits per heavy atom. The number of nitrogens with zero attached hydrogens (tertiary/aromatic N) is 1. The van der Waals surface area contributed by atoms with Crippen LogP contribution in [0.4, 0.5) is 17.1 Å². The molecule has 1 unspecified atom stereocenters. The highest BCUT2D eigenvalue weighted by atomic mass is 16.5. The van der Waals surface area contributed by atoms with Crippen LogP contribution in [0.15, 0.2) is 188 Å². The number of rotatable bonds is 3. The average Bonchev–Trinajstić information content (AvgIpc) is 3.81. The molecule has 0 saturated heterocycles. The van der Waals surface area contributed by atoms with Gasteiger partial charge in [0, 0.05) is 38.9 Å². The third-order valence-electron chi connectivity index (χ3n) is 14.7. The van der Waals surface area contributed by atoms with Crippen LogP contribution in [0.2, 0.25) is 0 Å². The summed E-state index contributed by atoms with van der Waals surface area (Å²) in [4.78, 5) is 2.56. The summed E-state index contributed by atoms with van der Waals surface area (Å²) >= 11 is 0. The van der Waals surface area contributed by atoms with Crippen LogP contribution in [0, 0.1) is 0 Å². The summed E-state index contributed by atoms with van der Waals surface area (Å²) in [6.07, 6.45) is 0. The van der Waals surface area contributed by atoms with Gasteiger partial charge >= 0.3 is 0 Å². The van der Waals surface area contributed by atoms with Crippen molar-refractivity contribution in [2.45, 2.75) is 43.9 Å². The SMILES string of the molecule is CC1(C)c2ccccc2-c2ccc(N(c3ccc4c(c3)C(C)(C)c3ccccc3-4)c3cccc4c3-c3ccccc3C43c4ccccc4Oc4cc5ccccc5cc43)cc21. The third kappa shape index (κ3) is 4.42. The average molecular weight is 782 g/mol. The maximum Gasteiger partial charge on any atom is 0.132 e. The van der Waals surface area contributed by atoms with Crippen molar-refractivity contribution < 1.29 is 4.74 Å². The molecule has 0 saturated carbocycles. The number of benzene rings is 9. The molecule has 9 aromatic rings. The summed E-state index contributed by atoms with van der Waals surface area (Å²) < 4.78 is 6.89. The normalized spacial score (nSPS) is 17.3. The van der Waals surface area contributed by atoms with E-state index in [0.717, 1.165) is 28.6 Å². The van der Waals surface area contributed by atoms with Crippen LogP contribution in [0.1, 0.15) is 72.2 Å². The molecule has 13 rings (SSSR count). The molecule has 0 amide bonds. The lowest BCUT2D eigenvalue weighted by Crippen LogP contribution is -2.32. The van der Waals surface area contributed by atoms with Gasteiger partial charge in [-0.25, -0.2) is 0 Å². The minimum atomic E-state index is -0.606. The summed E-state index contributed by atoms with van der Waals surface area (Å²) in [5.41, 5.74) is 20.7. The van der Waals surface area contributed by atoms with Gasteiger partial charge in [-0.05, 0) is 121 Å². The van der Waals surface area contributed by atoms with Crippen LogP contribution in [0.5, 0.6) is 11.5 Å². The van der Waals surface area contributed by atoms with E-state index >= 15 is 0 Å². The van der Waals surface area contributed by atoms with E-state index in [1.54, 1.807) is 0 Å². The van der Waals surface area contributed by atoms with E-state index in [1.807, 2.05) is 0 Å². The van der Waals surface area contributed by atoms with Gasteiger partial charge in [-0.1, -0.05) is 167 Å². The first-order valence-electron chi connectivity index (χ1n) is 21.6. The number of para-hydroxylation sites is 1. The first-order chi connectivity index (χ1) is 29.8. The fraction of sp³-hybridized carbons (Fsp3) is 0.119. The predicted octanol–water partition coefficient (Wildman–Crippen LogP) is 15.4. The molecule has 3 aliphatic carbocycles. The third-order valence-corrected chi connectivity index (χ3v) is 14.7. The Morgan fingerprint density at radius 3 is 1.48 bits per heavy atom. The van der Waals surface area contributed by atoms with Crippen molar-refractivity contribution in [3.05, 3.63) is 233 Å². The molecule has 1 spiro atoms. The van der Waals surface area contributed by atoms with Gasteiger partial charge in [-0.15, -0.1) is 0 Å². The van der Waals surface area contributed by atoms with Crippen LogP contribution >= 0.6 is 0 Å². The Balaban J connectivity index is 1.11. The Bertz CT molecular complexity index is 3260. The minimum Gasteiger partial charge on any atom is -0.457 e. The van der Waals surface area contributed by atoms with E-state index in [1.165, 1.54) is 88.7 Å². The molecule has 0 radical (unpaired) electrons. The number of fused-ring (bicyclic) bond motifs is 16. The first-order valence-corrected chi connectivity index (χ1v) is 21.6. The second-order valence-corrected chi connectivity index (χ2v) is 18.4. The molecule has 61 heavy (non-hydrogen) atoms. The molecule has 0 aromatic heterocycles. The maximum absolute atomic E-state index is 6.89. The highest BCUT2D eigenvalue weighted by Gasteiger charge is 2.52. The number of hydrogen-bond acceptors (Lipinski definition) is 2. The lowest BCUT2D eigenvalue weighted by molar-refractivity contribution is 0.437. The number of hydrogen-bond donors (Lipinski definition) is 0. The Hall–Kier alpha value is -7.16. The van der Waals surface area contributed by atoms with E-state index in [0.29, 0.717) is 0 Å². The van der Waals surface area contributed by atoms with Crippen LogP contribution in [0.3, 0.4) is 0 Å². The molecule has 1 heterocycles. The molecule has 1 atom stereocenters. The molecule has 0 N–H and O–H groups in total. The van der Waals surface area contributed by atoms with Gasteiger partial charge in [0.25, 0.3) is 0 Å². The Labute approximate surface area is 357 Å². The zero-order valence-electron chi connectivity index (χ0n) is 34.8. The van der Waals surface area contributed by atoms with Gasteiger partial charge in [0.15, 0.2) is 0 Å². The van der Waals surface area contributed by atoms with Crippen molar-refractivity contribution in [1.29, 1.82) is 0 Å². The molecule has 9 aromatic carbocycles. The fourth-order valence-electron chi connectivity index (χ4n) is 11.9. The zero-order valence-corrected chi connectivity index (χ0v) is 34.8. The van der Waals surface area contributed by atoms with Crippen LogP contribution in [0.25, 0.3) is 44.2 Å². The number of anilines is 3. The van der Waals surface area contributed by atoms with Crippen LogP contribution < -0.4 is 9.64 Å². The maximum atomic E-state index is 6.89. The van der Waals surface area contributed by atoms with Crippen LogP contribution in [-0.2, 0) is 16.2 Å². The lowest BCUT2D eigenvalue weighted by Gasteiger charge is -2.39. The smallest absolute Gasteiger partial charge is 0.132 e. The van der Waals surface area contributed by atoms with Gasteiger partial charge in [0.2, 0.25) is 0 Å². The summed E-state index contributed by atoms with van der Waals surface area (Å²) in [6.45, 7) is 9.52. The largest absolute Gasteiger partial charge is 0.457 e. The van der Waals surface area contributed by atoms with Gasteiger partial charge in [0.05, 0.1) is 11.1 Å². The molecule has 4 aliphatic rings. The molecular formula is C59H43NO. The van der Waals surface area contributed by atoms with Gasteiger partial charge in [-0.2, -0.15) is 0 Å². The van der Waals surface area contributed by atoms with Crippen molar-refractivity contribution in [1.82, 2.24) is 0 Å². The monoisotopic (exact) mass is 781 g/mol. The standard InChI is InChI=1S/C59H43NO/c1-57(2)45-21-10-7-18-40(45)42-30-28-38(34-50(42)57)60(39-29-31-43-41-19-8-11-22-46(41)58(3,4)51(43)35-39)53-26-15-25-49-56(53)44-20-9-12-23-47(44)59(49)48-24-13-14-27-54(48)61-55-33-37-17-6-5-16-36(37)32-52(55)59/h5-35H,1-4H3. The summed E-state index contributed by atoms with van der Waals surface area (Å²) in [5, 5.41) is 2.38. The minimum absolute atomic E-state index is 0.150. The second-order valence-electron chi connectivity index (χ2n) is 18.4. The molecule has 1 aliphatic heterocycles. The summed E-state index contributed by atoms with van der Waals surface area (Å²) in [6, 6.07) is 70.4. The second kappa shape index (κ2) is 12.0. The van der Waals surface area contributed by atoms with Crippen molar-refractivity contribution in [2.24, 2.45) is 0 Å². The highest BCUT2D eigenvalue weighted by Crippen LogP contribution is 2.65. The zero-order chi connectivity index (χ0) is 40.8. The molecule has 0 fully saturated rings. The van der Waals surface area contributed by atoms with Crippen molar-refractivity contribution in [2.75, 3.05) is 4.90 Å². The number of ether oxygens (including phenoxy) is 1. The summed E-state index contributed by atoms with van der Waals surface area (Å²) in [7, 11) is 0. The van der Waals surface area contributed by atoms with E-state index in [-0.39, 0.29) is 10.8 Å². The van der Waals surface area contributed by atoms with E-state index in [9.17, 15) is 0 Å². The first kappa shape index (κ1) is 34.7. The molecule has 2 nitrogen and oxygen atoms in total. The Morgan fingerprint density at radius 1 is 0.344 bits per heavy atom. The van der Waals surface area contributed by atoms with Crippen molar-refractivity contribution in [3.8, 4) is 44.9 Å². The topological polar surface area (TPSA) is 12.5 Å². The van der Waals surface area contributed by atoms with Gasteiger partial charge in [-0.3, -0.25) is 0 Å². The molecule has 290 valence electrons. The van der Waals surface area contributed by atoms with Gasteiger partial charge < -0.3 is 9.64 Å². The van der Waals surface area contributed by atoms with E-state index < -0.39 is 5.41 Å². The molecular weight excluding hydrogens is 739 g/mol. The Kier molecular flexibility index (Phi) is 6.81. The van der Waals surface area contributed by atoms with E-state index in [2.05, 4.69) is 221 Å². The molecule has 2 heteroatoms. The quantitative estimate of drug-likeness (QED) is 0.177. The molecule has 0 bridgehead atoms. The lowest BCUT2D eigenvalue weighted by atomic mass is 9.66. The predicted molar refractivity (Wildman–Crippen MR) is 251 cm³/mol. The highest BCUT2D eigenvalue weighted by molar-refractivity contribution is 6.00. The van der Waals surface area contributed by atoms with Crippen molar-refractivity contribution >= 4 is 27.8 Å². The fourth-order valence-corrected chi connectivity index (χ4v) is 11.9. The van der Waals surface area contributed by atoms with Crippen molar-refractivity contribution in [3.63, 3.8) is 0 Å². The van der Waals surface area contributed by atoms with E-state index in [4.69, 9.17) is 4.74 Å². The summed E-state index contributed by atoms with van der Waals surface area (Å²) in [5.74, 6) is 1.80. The van der Waals surface area contributed by atoms with Gasteiger partial charge in [0.1, 0.15) is 11.5 Å².